The summed E-state index contributed by atoms with van der Waals surface area (Å²) < 4.78 is 0. The highest BCUT2D eigenvalue weighted by Gasteiger charge is 2.29. The number of aliphatic hydroxyl groups excluding tert-OH is 1. The molecule has 1 aliphatic carbocycles. The van der Waals surface area contributed by atoms with Gasteiger partial charge >= 0.3 is 0 Å². The molecular weight excluding hydrogens is 288 g/mol. The molecule has 1 saturated carbocycles. The Labute approximate surface area is 138 Å². The fourth-order valence-electron chi connectivity index (χ4n) is 3.33. The fraction of sp³-hybridized carbons (Fsp3) is 0.579. The first kappa shape index (κ1) is 16.5. The zero-order valence-electron chi connectivity index (χ0n) is 14.1. The van der Waals surface area contributed by atoms with Gasteiger partial charge in [-0.1, -0.05) is 26.0 Å². The molecule has 2 fully saturated rings. The molecule has 125 valence electrons. The first-order valence-electron chi connectivity index (χ1n) is 8.63. The second kappa shape index (κ2) is 7.02. The van der Waals surface area contributed by atoms with Crippen molar-refractivity contribution in [3.63, 3.8) is 0 Å². The number of hydrogen-bond donors (Lipinski definition) is 2. The standard InChI is InChI=1S/C19H27N2O2/c1-13(2)11-21-10-9-17(18(22)12-21)20-19(23)16-7-5-15(6-8-16)14-3-4-14/h5-8,14,17-18,22H,3-4,9-12H2,1-2H3,(H,20,23). The van der Waals surface area contributed by atoms with Gasteiger partial charge in [-0.2, -0.15) is 0 Å². The van der Waals surface area contributed by atoms with Crippen LogP contribution in [-0.4, -0.2) is 47.7 Å². The molecule has 4 heteroatoms. The predicted molar refractivity (Wildman–Crippen MR) is 91.3 cm³/mol. The molecule has 1 aromatic carbocycles. The van der Waals surface area contributed by atoms with Gasteiger partial charge in [0.2, 0.25) is 0 Å². The summed E-state index contributed by atoms with van der Waals surface area (Å²) in [5, 5.41) is 13.3. The Bertz CT molecular complexity index is 537. The summed E-state index contributed by atoms with van der Waals surface area (Å²) in [6.07, 6.45) is 2.83. The second-order valence-electron chi connectivity index (χ2n) is 7.27. The Morgan fingerprint density at radius 1 is 1.22 bits per heavy atom. The number of benzene rings is 1. The minimum Gasteiger partial charge on any atom is -0.390 e. The lowest BCUT2D eigenvalue weighted by atomic mass is 10.00. The molecule has 2 atom stereocenters. The molecule has 1 saturated heterocycles. The van der Waals surface area contributed by atoms with Crippen LogP contribution in [0, 0.1) is 5.92 Å². The van der Waals surface area contributed by atoms with Gasteiger partial charge in [0.25, 0.3) is 5.91 Å². The number of likely N-dealkylation sites (tertiary alicyclic amines) is 1. The van der Waals surface area contributed by atoms with Crippen LogP contribution in [0.3, 0.4) is 0 Å². The maximum atomic E-state index is 12.4. The third-order valence-corrected chi connectivity index (χ3v) is 4.74. The van der Waals surface area contributed by atoms with E-state index in [0.29, 0.717) is 18.0 Å². The van der Waals surface area contributed by atoms with Crippen LogP contribution >= 0.6 is 0 Å². The Hall–Kier alpha value is -1.39. The first-order chi connectivity index (χ1) is 11.0. The van der Waals surface area contributed by atoms with E-state index in [-0.39, 0.29) is 11.9 Å². The van der Waals surface area contributed by atoms with E-state index in [1.807, 2.05) is 12.1 Å². The molecule has 4 nitrogen and oxygen atoms in total. The van der Waals surface area contributed by atoms with Crippen LogP contribution in [0.15, 0.2) is 24.3 Å². The van der Waals surface area contributed by atoms with E-state index in [1.54, 1.807) is 0 Å². The van der Waals surface area contributed by atoms with E-state index in [2.05, 4.69) is 36.2 Å². The van der Waals surface area contributed by atoms with E-state index in [4.69, 9.17) is 0 Å². The summed E-state index contributed by atoms with van der Waals surface area (Å²) in [4.78, 5) is 14.6. The number of nitrogens with zero attached hydrogens (tertiary/aromatic N) is 1. The summed E-state index contributed by atoms with van der Waals surface area (Å²) in [5.74, 6) is 1.97. The molecule has 1 aliphatic heterocycles. The molecule has 2 aliphatic rings. The molecule has 23 heavy (non-hydrogen) atoms. The lowest BCUT2D eigenvalue weighted by Gasteiger charge is -2.36. The fourth-order valence-corrected chi connectivity index (χ4v) is 3.33. The smallest absolute Gasteiger partial charge is 0.251 e. The van der Waals surface area contributed by atoms with Gasteiger partial charge in [0.05, 0.1) is 12.1 Å². The molecule has 1 heterocycles. The van der Waals surface area contributed by atoms with Crippen molar-refractivity contribution in [3.05, 3.63) is 41.3 Å². The monoisotopic (exact) mass is 315 g/mol. The zero-order valence-corrected chi connectivity index (χ0v) is 14.1. The largest absolute Gasteiger partial charge is 0.390 e. The Morgan fingerprint density at radius 2 is 1.91 bits per heavy atom. The topological polar surface area (TPSA) is 52.6 Å². The molecule has 3 rings (SSSR count). The summed E-state index contributed by atoms with van der Waals surface area (Å²) in [5.41, 5.74) is 2.02. The van der Waals surface area contributed by atoms with E-state index in [1.165, 1.54) is 24.3 Å². The van der Waals surface area contributed by atoms with Gasteiger partial charge in [-0.05, 0) is 48.8 Å². The molecule has 0 spiro atoms. The van der Waals surface area contributed by atoms with Crippen molar-refractivity contribution in [2.75, 3.05) is 19.6 Å². The zero-order chi connectivity index (χ0) is 16.4. The summed E-state index contributed by atoms with van der Waals surface area (Å²) in [6.45, 7) is 6.65. The van der Waals surface area contributed by atoms with Crippen molar-refractivity contribution in [1.82, 2.24) is 10.2 Å². The number of carbonyl (C=O) groups is 1. The van der Waals surface area contributed by atoms with E-state index >= 15 is 0 Å². The predicted octanol–water partition coefficient (Wildman–Crippen LogP) is 2.34. The third kappa shape index (κ3) is 4.33. The summed E-state index contributed by atoms with van der Waals surface area (Å²) in [7, 11) is 0. The van der Waals surface area contributed by atoms with Crippen molar-refractivity contribution in [3.8, 4) is 0 Å². The molecule has 1 aromatic rings. The average molecular weight is 315 g/mol. The second-order valence-corrected chi connectivity index (χ2v) is 7.27. The van der Waals surface area contributed by atoms with Crippen molar-refractivity contribution in [2.24, 2.45) is 0 Å². The van der Waals surface area contributed by atoms with Crippen molar-refractivity contribution < 1.29 is 9.90 Å². The number of amides is 1. The van der Waals surface area contributed by atoms with Crippen LogP contribution in [0.25, 0.3) is 0 Å². The van der Waals surface area contributed by atoms with Crippen LogP contribution in [0.1, 0.15) is 54.9 Å². The number of piperidine rings is 1. The lowest BCUT2D eigenvalue weighted by molar-refractivity contribution is 0.0397. The number of β-amino-alcohol motifs (C(OH)–C–C–N with tert-alkyl or cyclic N) is 1. The minimum absolute atomic E-state index is 0.0805. The van der Waals surface area contributed by atoms with E-state index < -0.39 is 6.10 Å². The molecule has 1 radical (unpaired) electrons. The number of rotatable bonds is 5. The molecule has 2 N–H and O–H groups in total. The van der Waals surface area contributed by atoms with Crippen LogP contribution in [0.2, 0.25) is 0 Å². The van der Waals surface area contributed by atoms with Gasteiger partial charge < -0.3 is 15.3 Å². The number of nitrogens with one attached hydrogen (secondary N) is 1. The molecule has 2 unspecified atom stereocenters. The van der Waals surface area contributed by atoms with E-state index in [9.17, 15) is 9.90 Å². The highest BCUT2D eigenvalue weighted by atomic mass is 16.3. The van der Waals surface area contributed by atoms with Gasteiger partial charge in [-0.15, -0.1) is 0 Å². The van der Waals surface area contributed by atoms with Crippen LogP contribution in [0.5, 0.6) is 0 Å². The lowest BCUT2D eigenvalue weighted by Crippen LogP contribution is -2.54. The minimum atomic E-state index is -0.502. The van der Waals surface area contributed by atoms with Crippen LogP contribution in [0.4, 0.5) is 0 Å². The maximum absolute atomic E-state index is 12.4. The molecule has 0 aromatic heterocycles. The highest BCUT2D eigenvalue weighted by molar-refractivity contribution is 5.94. The Morgan fingerprint density at radius 3 is 2.48 bits per heavy atom. The van der Waals surface area contributed by atoms with Crippen LogP contribution in [-0.2, 0) is 0 Å². The quantitative estimate of drug-likeness (QED) is 0.877. The van der Waals surface area contributed by atoms with Crippen molar-refractivity contribution in [2.45, 2.75) is 51.2 Å². The van der Waals surface area contributed by atoms with Gasteiger partial charge in [0.15, 0.2) is 0 Å². The maximum Gasteiger partial charge on any atom is 0.251 e. The Kier molecular flexibility index (Phi) is 5.02. The van der Waals surface area contributed by atoms with Gasteiger partial charge in [-0.3, -0.25) is 4.79 Å². The van der Waals surface area contributed by atoms with Crippen LogP contribution < -0.4 is 5.32 Å². The highest BCUT2D eigenvalue weighted by Crippen LogP contribution is 2.39. The molecule has 0 bridgehead atoms. The average Bonchev–Trinajstić information content (AvgIpc) is 3.34. The number of aliphatic hydroxyl groups is 1. The van der Waals surface area contributed by atoms with Gasteiger partial charge in [0, 0.05) is 25.2 Å². The van der Waals surface area contributed by atoms with Crippen molar-refractivity contribution >= 4 is 5.91 Å². The summed E-state index contributed by atoms with van der Waals surface area (Å²) >= 11 is 0. The first-order valence-corrected chi connectivity index (χ1v) is 8.63. The van der Waals surface area contributed by atoms with Crippen molar-refractivity contribution in [1.29, 1.82) is 0 Å². The normalized spacial score (nSPS) is 25.6. The molecule has 1 amide bonds. The molecular formula is C19H27N2O2. The number of carbonyl (C=O) groups excluding carboxylic acids is 1. The van der Waals surface area contributed by atoms with Gasteiger partial charge in [-0.25, -0.2) is 0 Å². The number of hydrogen-bond acceptors (Lipinski definition) is 3. The summed E-state index contributed by atoms with van der Waals surface area (Å²) in [6, 6.07) is 7.77. The van der Waals surface area contributed by atoms with E-state index in [0.717, 1.165) is 19.5 Å². The third-order valence-electron chi connectivity index (χ3n) is 4.74. The van der Waals surface area contributed by atoms with Gasteiger partial charge in [0.1, 0.15) is 0 Å². The SMILES string of the molecule is C[C](C)CN1CCC(NC(=O)c2ccc(C3CC3)cc2)C(O)C1. The Balaban J connectivity index is 1.53.